The molecule has 1 aliphatic heterocycles. The molecule has 6 nitrogen and oxygen atoms in total. The summed E-state index contributed by atoms with van der Waals surface area (Å²) in [7, 11) is 2.82. The fourth-order valence-electron chi connectivity index (χ4n) is 2.82. The summed E-state index contributed by atoms with van der Waals surface area (Å²) in [5.41, 5.74) is -1.03. The highest BCUT2D eigenvalue weighted by atomic mass is 127. The molecule has 0 amide bonds. The first-order valence-corrected chi connectivity index (χ1v) is 7.84. The molecule has 2 rings (SSSR count). The van der Waals surface area contributed by atoms with Gasteiger partial charge in [-0.15, -0.1) is 24.0 Å². The Morgan fingerprint density at radius 2 is 1.96 bits per heavy atom. The first-order valence-electron chi connectivity index (χ1n) is 7.84. The summed E-state index contributed by atoms with van der Waals surface area (Å²) in [5.74, 6) is 0.223. The summed E-state index contributed by atoms with van der Waals surface area (Å²) in [6, 6.07) is -0.264. The number of aliphatic imine (C=N–C) groups is 1. The third-order valence-electron chi connectivity index (χ3n) is 3.86. The molecule has 13 heteroatoms. The van der Waals surface area contributed by atoms with Crippen LogP contribution < -0.4 is 10.6 Å². The number of guanidine groups is 1. The van der Waals surface area contributed by atoms with Crippen LogP contribution in [0.2, 0.25) is 0 Å². The lowest BCUT2D eigenvalue weighted by molar-refractivity contribution is -0.143. The molecule has 0 spiro atoms. The molecule has 0 aromatic carbocycles. The lowest BCUT2D eigenvalue weighted by atomic mass is 10.2. The van der Waals surface area contributed by atoms with Crippen molar-refractivity contribution in [3.8, 4) is 0 Å². The number of halogens is 7. The normalized spacial score (nSPS) is 19.1. The Kier molecular flexibility index (Phi) is 8.19. The third kappa shape index (κ3) is 7.35. The molecule has 0 aliphatic carbocycles. The van der Waals surface area contributed by atoms with Gasteiger partial charge in [0.2, 0.25) is 0 Å². The minimum Gasteiger partial charge on any atom is -0.352 e. The Balaban J connectivity index is 0.00000364. The van der Waals surface area contributed by atoms with Gasteiger partial charge in [-0.2, -0.15) is 31.4 Å². The highest BCUT2D eigenvalue weighted by Gasteiger charge is 2.37. The van der Waals surface area contributed by atoms with E-state index in [-0.39, 0.29) is 61.2 Å². The molecule has 27 heavy (non-hydrogen) atoms. The number of rotatable bonds is 4. The summed E-state index contributed by atoms with van der Waals surface area (Å²) in [5, 5.41) is 9.10. The molecule has 2 N–H and O–H groups in total. The molecule has 1 atom stereocenters. The van der Waals surface area contributed by atoms with Crippen LogP contribution in [0.15, 0.2) is 11.2 Å². The van der Waals surface area contributed by atoms with Gasteiger partial charge in [0.25, 0.3) is 0 Å². The maximum atomic E-state index is 12.9. The van der Waals surface area contributed by atoms with Gasteiger partial charge in [-0.05, 0) is 6.42 Å². The largest absolute Gasteiger partial charge is 0.435 e. The van der Waals surface area contributed by atoms with Crippen LogP contribution in [-0.2, 0) is 19.8 Å². The maximum absolute atomic E-state index is 12.9. The van der Waals surface area contributed by atoms with Crippen molar-refractivity contribution in [3.63, 3.8) is 0 Å². The second kappa shape index (κ2) is 9.30. The number of hydrogen-bond acceptors (Lipinski definition) is 3. The van der Waals surface area contributed by atoms with Gasteiger partial charge < -0.3 is 10.6 Å². The predicted molar refractivity (Wildman–Crippen MR) is 97.9 cm³/mol. The number of aromatic nitrogens is 2. The van der Waals surface area contributed by atoms with E-state index < -0.39 is 24.6 Å². The summed E-state index contributed by atoms with van der Waals surface area (Å²) in [6.45, 7) is -0.681. The van der Waals surface area contributed by atoms with Crippen molar-refractivity contribution in [2.45, 2.75) is 31.4 Å². The van der Waals surface area contributed by atoms with E-state index in [4.69, 9.17) is 0 Å². The van der Waals surface area contributed by atoms with E-state index in [2.05, 4.69) is 20.7 Å². The quantitative estimate of drug-likeness (QED) is 0.281. The van der Waals surface area contributed by atoms with E-state index >= 15 is 0 Å². The van der Waals surface area contributed by atoms with Crippen LogP contribution in [-0.4, -0.2) is 59.5 Å². The molecule has 1 aliphatic rings. The van der Waals surface area contributed by atoms with Crippen molar-refractivity contribution in [1.29, 1.82) is 0 Å². The van der Waals surface area contributed by atoms with Crippen LogP contribution in [0.1, 0.15) is 17.7 Å². The van der Waals surface area contributed by atoms with Gasteiger partial charge in [-0.1, -0.05) is 0 Å². The fraction of sp³-hybridized carbons (Fsp3) is 0.714. The first-order chi connectivity index (χ1) is 12.0. The number of nitrogens with one attached hydrogen (secondary N) is 2. The van der Waals surface area contributed by atoms with Crippen molar-refractivity contribution < 1.29 is 26.3 Å². The molecule has 0 bridgehead atoms. The van der Waals surface area contributed by atoms with Crippen LogP contribution in [0.3, 0.4) is 0 Å². The topological polar surface area (TPSA) is 57.5 Å². The van der Waals surface area contributed by atoms with E-state index in [1.165, 1.54) is 25.2 Å². The molecule has 0 saturated carbocycles. The minimum absolute atomic E-state index is 0. The van der Waals surface area contributed by atoms with Gasteiger partial charge in [-0.3, -0.25) is 14.6 Å². The van der Waals surface area contributed by atoms with Crippen LogP contribution in [0, 0.1) is 0 Å². The fourth-order valence-corrected chi connectivity index (χ4v) is 2.82. The van der Waals surface area contributed by atoms with Crippen molar-refractivity contribution in [2.75, 3.05) is 26.7 Å². The van der Waals surface area contributed by atoms with E-state index in [9.17, 15) is 26.3 Å². The van der Waals surface area contributed by atoms with Crippen molar-refractivity contribution in [3.05, 3.63) is 17.5 Å². The number of aryl methyl sites for hydroxylation is 1. The van der Waals surface area contributed by atoms with E-state index in [1.807, 2.05) is 0 Å². The van der Waals surface area contributed by atoms with Gasteiger partial charge in [0.05, 0.1) is 6.54 Å². The molecule has 1 unspecified atom stereocenters. The minimum atomic E-state index is -4.57. The molecule has 1 aromatic rings. The summed E-state index contributed by atoms with van der Waals surface area (Å²) < 4.78 is 77.1. The number of alkyl halides is 6. The summed E-state index contributed by atoms with van der Waals surface area (Å²) in [6.07, 6.45) is -7.09. The van der Waals surface area contributed by atoms with Crippen LogP contribution >= 0.6 is 24.0 Å². The summed E-state index contributed by atoms with van der Waals surface area (Å²) in [4.78, 5) is 5.18. The highest BCUT2D eigenvalue weighted by Crippen LogP contribution is 2.30. The average molecular weight is 514 g/mol. The molecule has 2 heterocycles. The van der Waals surface area contributed by atoms with Crippen molar-refractivity contribution in [1.82, 2.24) is 25.3 Å². The second-order valence-corrected chi connectivity index (χ2v) is 6.08. The standard InChI is InChI=1S/C14H20F6N6.HI/c1-21-12(23-10-3-4-26(7-10)8-13(15,16)17)22-5-9-6-25(2)24-11(9)14(18,19)20;/h6,10H,3-5,7-8H2,1-2H3,(H2,21,22,23);1H. The molecular formula is C14H21F6IN6. The van der Waals surface area contributed by atoms with Gasteiger partial charge in [-0.25, -0.2) is 0 Å². The zero-order valence-corrected chi connectivity index (χ0v) is 17.0. The number of hydrogen-bond donors (Lipinski definition) is 2. The lowest BCUT2D eigenvalue weighted by Crippen LogP contribution is -2.45. The lowest BCUT2D eigenvalue weighted by Gasteiger charge is -2.19. The van der Waals surface area contributed by atoms with Crippen LogP contribution in [0.4, 0.5) is 26.3 Å². The van der Waals surface area contributed by atoms with Gasteiger partial charge in [0.1, 0.15) is 0 Å². The monoisotopic (exact) mass is 514 g/mol. The highest BCUT2D eigenvalue weighted by molar-refractivity contribution is 14.0. The Bertz CT molecular complexity index is 641. The molecule has 1 saturated heterocycles. The van der Waals surface area contributed by atoms with Crippen LogP contribution in [0.5, 0.6) is 0 Å². The molecular weight excluding hydrogens is 493 g/mol. The van der Waals surface area contributed by atoms with Crippen molar-refractivity contribution >= 4 is 29.9 Å². The predicted octanol–water partition coefficient (Wildman–Crippen LogP) is 2.36. The van der Waals surface area contributed by atoms with Gasteiger partial charge >= 0.3 is 12.4 Å². The first kappa shape index (κ1) is 23.8. The molecule has 0 radical (unpaired) electrons. The van der Waals surface area contributed by atoms with Gasteiger partial charge in [0, 0.05) is 51.5 Å². The molecule has 1 aromatic heterocycles. The second-order valence-electron chi connectivity index (χ2n) is 6.08. The van der Waals surface area contributed by atoms with E-state index in [0.717, 1.165) is 4.68 Å². The van der Waals surface area contributed by atoms with Crippen LogP contribution in [0.25, 0.3) is 0 Å². The van der Waals surface area contributed by atoms with E-state index in [1.54, 1.807) is 0 Å². The number of likely N-dealkylation sites (tertiary alicyclic amines) is 1. The average Bonchev–Trinajstić information content (AvgIpc) is 3.07. The Hall–Kier alpha value is -1.25. The Morgan fingerprint density at radius 3 is 2.52 bits per heavy atom. The molecule has 156 valence electrons. The zero-order valence-electron chi connectivity index (χ0n) is 14.7. The number of nitrogens with zero attached hydrogens (tertiary/aromatic N) is 4. The molecule has 1 fully saturated rings. The van der Waals surface area contributed by atoms with Gasteiger partial charge in [0.15, 0.2) is 11.7 Å². The third-order valence-corrected chi connectivity index (χ3v) is 3.86. The van der Waals surface area contributed by atoms with Crippen molar-refractivity contribution in [2.24, 2.45) is 12.0 Å². The Morgan fingerprint density at radius 1 is 1.30 bits per heavy atom. The Labute approximate surface area is 169 Å². The van der Waals surface area contributed by atoms with E-state index in [0.29, 0.717) is 6.42 Å². The zero-order chi connectivity index (χ0) is 19.5. The maximum Gasteiger partial charge on any atom is 0.435 e. The summed E-state index contributed by atoms with van der Waals surface area (Å²) >= 11 is 0. The SMILES string of the molecule is CN=C(NCc1cn(C)nc1C(F)(F)F)NC1CCN(CC(F)(F)F)C1.I. The smallest absolute Gasteiger partial charge is 0.352 e.